The molecule has 8 rings (SSSR count). The fraction of sp³-hybridized carbons (Fsp3) is 0.184. The summed E-state index contributed by atoms with van der Waals surface area (Å²) in [6.07, 6.45) is -1.10. The third kappa shape index (κ3) is 9.25. The summed E-state index contributed by atoms with van der Waals surface area (Å²) in [7, 11) is 0. The van der Waals surface area contributed by atoms with Crippen LogP contribution in [-0.4, -0.2) is 28.0 Å². The molecular formula is C49H45N3O5S. The lowest BCUT2D eigenvalue weighted by molar-refractivity contribution is -0.268. The molecule has 1 fully saturated rings. The SMILES string of the molecule is C[C@@H]1[C@H](CSc2nc(-c3ccccc3)c(-c3ccccc3)o2)O[C@H](c2ccc(-c3ccccc3CNC(=O)NCc3ccccc3)cc2)O[C@@H]1c1ccc(CO)cc1. The van der Waals surface area contributed by atoms with Crippen molar-refractivity contribution in [2.24, 2.45) is 5.92 Å². The highest BCUT2D eigenvalue weighted by Crippen LogP contribution is 2.44. The zero-order chi connectivity index (χ0) is 39.7. The van der Waals surface area contributed by atoms with Crippen molar-refractivity contribution in [2.45, 2.75) is 50.3 Å². The van der Waals surface area contributed by atoms with Crippen LogP contribution in [0, 0.1) is 5.92 Å². The molecule has 0 aliphatic carbocycles. The topological polar surface area (TPSA) is 106 Å². The maximum Gasteiger partial charge on any atom is 0.315 e. The molecular weight excluding hydrogens is 743 g/mol. The number of oxazole rings is 1. The minimum Gasteiger partial charge on any atom is -0.431 e. The van der Waals surface area contributed by atoms with Gasteiger partial charge in [-0.3, -0.25) is 0 Å². The normalized spacial score (nSPS) is 17.8. The summed E-state index contributed by atoms with van der Waals surface area (Å²) in [4.78, 5) is 17.6. The molecule has 7 aromatic rings. The Morgan fingerprint density at radius 1 is 0.655 bits per heavy atom. The van der Waals surface area contributed by atoms with E-state index in [1.54, 1.807) is 0 Å². The third-order valence-corrected chi connectivity index (χ3v) is 11.3. The number of hydrogen-bond acceptors (Lipinski definition) is 7. The smallest absolute Gasteiger partial charge is 0.315 e. The van der Waals surface area contributed by atoms with Crippen molar-refractivity contribution in [3.63, 3.8) is 0 Å². The lowest BCUT2D eigenvalue weighted by Crippen LogP contribution is -2.38. The Kier molecular flexibility index (Phi) is 12.4. The fourth-order valence-electron chi connectivity index (χ4n) is 7.19. The Bertz CT molecular complexity index is 2330. The second-order valence-corrected chi connectivity index (χ2v) is 15.3. The first-order valence-electron chi connectivity index (χ1n) is 19.5. The molecule has 1 aliphatic heterocycles. The van der Waals surface area contributed by atoms with Crippen molar-refractivity contribution in [3.05, 3.63) is 192 Å². The van der Waals surface area contributed by atoms with Crippen LogP contribution in [0.15, 0.2) is 173 Å². The van der Waals surface area contributed by atoms with Crippen molar-refractivity contribution >= 4 is 17.8 Å². The molecule has 6 aromatic carbocycles. The van der Waals surface area contributed by atoms with Crippen molar-refractivity contribution in [3.8, 4) is 33.7 Å². The van der Waals surface area contributed by atoms with Gasteiger partial charge in [-0.25, -0.2) is 9.78 Å². The van der Waals surface area contributed by atoms with E-state index in [2.05, 4.69) is 47.9 Å². The highest BCUT2D eigenvalue weighted by atomic mass is 32.2. The first-order valence-corrected chi connectivity index (χ1v) is 20.5. The Morgan fingerprint density at radius 3 is 1.98 bits per heavy atom. The van der Waals surface area contributed by atoms with Gasteiger partial charge in [-0.1, -0.05) is 182 Å². The first-order chi connectivity index (χ1) is 28.5. The summed E-state index contributed by atoms with van der Waals surface area (Å²) in [6, 6.07) is 54.1. The van der Waals surface area contributed by atoms with Crippen LogP contribution in [0.5, 0.6) is 0 Å². The number of nitrogens with zero attached hydrogens (tertiary/aromatic N) is 1. The number of amides is 2. The fourth-order valence-corrected chi connectivity index (χ4v) is 8.18. The van der Waals surface area contributed by atoms with Crippen LogP contribution in [0.2, 0.25) is 0 Å². The van der Waals surface area contributed by atoms with E-state index in [-0.39, 0.29) is 30.8 Å². The number of nitrogens with one attached hydrogen (secondary N) is 2. The van der Waals surface area contributed by atoms with Gasteiger partial charge in [0.25, 0.3) is 5.22 Å². The number of thioether (sulfide) groups is 1. The molecule has 2 amide bonds. The van der Waals surface area contributed by atoms with Gasteiger partial charge in [0.05, 0.1) is 18.8 Å². The second kappa shape index (κ2) is 18.5. The Hall–Kier alpha value is -5.97. The molecule has 2 heterocycles. The van der Waals surface area contributed by atoms with Crippen LogP contribution in [0.4, 0.5) is 4.79 Å². The van der Waals surface area contributed by atoms with Crippen LogP contribution in [0.25, 0.3) is 33.7 Å². The third-order valence-electron chi connectivity index (χ3n) is 10.4. The average Bonchev–Trinajstić information content (AvgIpc) is 3.73. The standard InChI is InChI=1S/C49H45N3O5S/c1-33-43(32-58-49-52-44(37-15-7-3-8-16-37)46(57-49)38-17-9-4-10-18-38)55-47(56-45(33)39-23-21-35(31-53)22-24-39)40-27-25-36(26-28-40)42-20-12-11-19-41(42)30-51-48(54)50-29-34-13-5-2-6-14-34/h2-28,33,43,45,47,53H,29-32H2,1H3,(H2,50,51,54)/t33-,43+,45+,47+/m1/s1. The summed E-state index contributed by atoms with van der Waals surface area (Å²) < 4.78 is 20.0. The molecule has 0 spiro atoms. The number of carbonyl (C=O) groups is 1. The predicted octanol–water partition coefficient (Wildman–Crippen LogP) is 10.8. The Labute approximate surface area is 343 Å². The van der Waals surface area contributed by atoms with Gasteiger partial charge >= 0.3 is 6.03 Å². The zero-order valence-corrected chi connectivity index (χ0v) is 33.0. The lowest BCUT2D eigenvalue weighted by atomic mass is 9.91. The number of aliphatic hydroxyl groups excluding tert-OH is 1. The monoisotopic (exact) mass is 787 g/mol. The van der Waals surface area contributed by atoms with Gasteiger partial charge in [-0.05, 0) is 33.4 Å². The van der Waals surface area contributed by atoms with Crippen molar-refractivity contribution in [1.82, 2.24) is 15.6 Å². The molecule has 3 N–H and O–H groups in total. The van der Waals surface area contributed by atoms with E-state index in [9.17, 15) is 9.90 Å². The molecule has 8 nitrogen and oxygen atoms in total. The number of ether oxygens (including phenoxy) is 2. The molecule has 0 saturated carbocycles. The van der Waals surface area contributed by atoms with E-state index in [1.807, 2.05) is 133 Å². The number of hydrogen-bond donors (Lipinski definition) is 3. The maximum absolute atomic E-state index is 12.7. The first kappa shape index (κ1) is 38.9. The minimum atomic E-state index is -0.632. The summed E-state index contributed by atoms with van der Waals surface area (Å²) in [5.41, 5.74) is 9.62. The zero-order valence-electron chi connectivity index (χ0n) is 32.2. The number of carbonyl (C=O) groups excluding carboxylic acids is 1. The van der Waals surface area contributed by atoms with E-state index in [0.717, 1.165) is 61.5 Å². The Balaban J connectivity index is 1.00. The van der Waals surface area contributed by atoms with Gasteiger partial charge in [0, 0.05) is 41.5 Å². The molecule has 1 aliphatic rings. The molecule has 9 heteroatoms. The number of aromatic nitrogens is 1. The van der Waals surface area contributed by atoms with Gasteiger partial charge in [-0.15, -0.1) is 0 Å². The van der Waals surface area contributed by atoms with Crippen molar-refractivity contribution in [1.29, 1.82) is 0 Å². The van der Waals surface area contributed by atoms with Gasteiger partial charge in [0.1, 0.15) is 5.69 Å². The molecule has 1 saturated heterocycles. The summed E-state index contributed by atoms with van der Waals surface area (Å²) in [5, 5.41) is 16.2. The molecule has 4 atom stereocenters. The van der Waals surface area contributed by atoms with Crippen LogP contribution in [0.3, 0.4) is 0 Å². The second-order valence-electron chi connectivity index (χ2n) is 14.3. The lowest BCUT2D eigenvalue weighted by Gasteiger charge is -2.41. The van der Waals surface area contributed by atoms with E-state index in [4.69, 9.17) is 18.9 Å². The van der Waals surface area contributed by atoms with E-state index in [1.165, 1.54) is 11.8 Å². The quantitative estimate of drug-likeness (QED) is 0.0999. The van der Waals surface area contributed by atoms with Gasteiger partial charge in [-0.2, -0.15) is 0 Å². The highest BCUT2D eigenvalue weighted by Gasteiger charge is 2.39. The largest absolute Gasteiger partial charge is 0.431 e. The molecule has 0 radical (unpaired) electrons. The van der Waals surface area contributed by atoms with Gasteiger partial charge < -0.3 is 29.6 Å². The number of rotatable bonds is 13. The predicted molar refractivity (Wildman–Crippen MR) is 228 cm³/mol. The van der Waals surface area contributed by atoms with Crippen LogP contribution in [-0.2, 0) is 29.2 Å². The van der Waals surface area contributed by atoms with E-state index >= 15 is 0 Å². The number of benzene rings is 6. The van der Waals surface area contributed by atoms with E-state index < -0.39 is 6.29 Å². The number of urea groups is 1. The van der Waals surface area contributed by atoms with Crippen molar-refractivity contribution < 1.29 is 23.8 Å². The Morgan fingerprint density at radius 2 is 1.28 bits per heavy atom. The van der Waals surface area contributed by atoms with Gasteiger partial charge in [0.2, 0.25) is 0 Å². The van der Waals surface area contributed by atoms with Crippen LogP contribution < -0.4 is 10.6 Å². The molecule has 1 aromatic heterocycles. The van der Waals surface area contributed by atoms with Crippen molar-refractivity contribution in [2.75, 3.05) is 5.75 Å². The molecule has 0 unspecified atom stereocenters. The summed E-state index contributed by atoms with van der Waals surface area (Å²) >= 11 is 1.54. The van der Waals surface area contributed by atoms with E-state index in [0.29, 0.717) is 24.1 Å². The van der Waals surface area contributed by atoms with Crippen LogP contribution in [0.1, 0.15) is 47.1 Å². The molecule has 58 heavy (non-hydrogen) atoms. The molecule has 292 valence electrons. The average molecular weight is 788 g/mol. The maximum atomic E-state index is 12.7. The summed E-state index contributed by atoms with van der Waals surface area (Å²) in [5.74, 6) is 1.32. The van der Waals surface area contributed by atoms with Crippen LogP contribution >= 0.6 is 11.8 Å². The number of aliphatic hydroxyl groups is 1. The van der Waals surface area contributed by atoms with Gasteiger partial charge in [0.15, 0.2) is 12.1 Å². The molecule has 0 bridgehead atoms. The minimum absolute atomic E-state index is 0.00980. The highest BCUT2D eigenvalue weighted by molar-refractivity contribution is 7.99. The summed E-state index contributed by atoms with van der Waals surface area (Å²) in [6.45, 7) is 2.97.